The molecule has 2 bridgehead atoms. The van der Waals surface area contributed by atoms with Gasteiger partial charge in [-0.25, -0.2) is 0 Å². The van der Waals surface area contributed by atoms with E-state index in [-0.39, 0.29) is 42.0 Å². The number of hydrogen-bond donors (Lipinski definition) is 1. The predicted molar refractivity (Wildman–Crippen MR) is 133 cm³/mol. The van der Waals surface area contributed by atoms with Gasteiger partial charge in [0.15, 0.2) is 0 Å². The second-order valence-electron chi connectivity index (χ2n) is 10.7. The highest BCUT2D eigenvalue weighted by Gasteiger charge is 2.57. The van der Waals surface area contributed by atoms with E-state index in [0.717, 1.165) is 43.7 Å². The Morgan fingerprint density at radius 2 is 1.83 bits per heavy atom. The van der Waals surface area contributed by atoms with Crippen LogP contribution in [0.4, 0.5) is 0 Å². The molecular formula is C28H35N3O4. The first-order chi connectivity index (χ1) is 17.1. The number of fused-ring (bicyclic) bond motifs is 4. The van der Waals surface area contributed by atoms with Gasteiger partial charge in [0.25, 0.3) is 5.56 Å². The van der Waals surface area contributed by atoms with Crippen molar-refractivity contribution in [3.8, 4) is 16.9 Å². The van der Waals surface area contributed by atoms with Crippen molar-refractivity contribution in [1.29, 1.82) is 0 Å². The normalized spacial score (nSPS) is 28.1. The van der Waals surface area contributed by atoms with E-state index in [1.54, 1.807) is 7.11 Å². The Labute approximate surface area is 206 Å². The maximum Gasteiger partial charge on any atom is 0.258 e. The zero-order valence-corrected chi connectivity index (χ0v) is 20.4. The number of pyridine rings is 1. The molecule has 1 saturated carbocycles. The molecule has 4 aliphatic rings. The van der Waals surface area contributed by atoms with Crippen LogP contribution in [0.3, 0.4) is 0 Å². The summed E-state index contributed by atoms with van der Waals surface area (Å²) in [5.74, 6) is 1.01. The average Bonchev–Trinajstić information content (AvgIpc) is 3.69. The average molecular weight is 478 g/mol. The van der Waals surface area contributed by atoms with Gasteiger partial charge in [-0.3, -0.25) is 14.5 Å². The third-order valence-electron chi connectivity index (χ3n) is 8.69. The van der Waals surface area contributed by atoms with Crippen LogP contribution < -0.4 is 10.3 Å². The van der Waals surface area contributed by atoms with E-state index < -0.39 is 0 Å². The number of methoxy groups -OCH3 is 1. The first kappa shape index (κ1) is 22.8. The largest absolute Gasteiger partial charge is 0.496 e. The summed E-state index contributed by atoms with van der Waals surface area (Å²) in [6, 6.07) is 11.4. The summed E-state index contributed by atoms with van der Waals surface area (Å²) in [6.07, 6.45) is 5.70. The molecule has 1 aliphatic carbocycles. The van der Waals surface area contributed by atoms with Crippen LogP contribution in [-0.2, 0) is 11.3 Å². The molecule has 7 heteroatoms. The maximum absolute atomic E-state index is 13.9. The van der Waals surface area contributed by atoms with E-state index in [2.05, 4.69) is 4.90 Å². The summed E-state index contributed by atoms with van der Waals surface area (Å²) in [7, 11) is 1.62. The van der Waals surface area contributed by atoms with Crippen LogP contribution in [0.2, 0.25) is 0 Å². The van der Waals surface area contributed by atoms with Gasteiger partial charge in [-0.05, 0) is 56.2 Å². The quantitative estimate of drug-likeness (QED) is 0.693. The number of aromatic nitrogens is 1. The fraction of sp³-hybridized carbons (Fsp3) is 0.571. The fourth-order valence-electron chi connectivity index (χ4n) is 6.75. The highest BCUT2D eigenvalue weighted by molar-refractivity contribution is 5.81. The van der Waals surface area contributed by atoms with E-state index in [4.69, 9.17) is 4.74 Å². The van der Waals surface area contributed by atoms with Crippen molar-refractivity contribution in [2.45, 2.75) is 50.7 Å². The Morgan fingerprint density at radius 3 is 2.54 bits per heavy atom. The minimum atomic E-state index is -0.313. The number of hydrogen-bond acceptors (Lipinski definition) is 5. The summed E-state index contributed by atoms with van der Waals surface area (Å²) in [4.78, 5) is 32.2. The van der Waals surface area contributed by atoms with Crippen LogP contribution in [0.5, 0.6) is 5.75 Å². The molecule has 35 heavy (non-hydrogen) atoms. The number of piperidine rings is 1. The Balaban J connectivity index is 1.44. The number of carbonyl (C=O) groups is 1. The summed E-state index contributed by atoms with van der Waals surface area (Å²) < 4.78 is 7.41. The van der Waals surface area contributed by atoms with Crippen LogP contribution >= 0.6 is 0 Å². The van der Waals surface area contributed by atoms with E-state index in [1.165, 1.54) is 19.3 Å². The maximum atomic E-state index is 13.9. The van der Waals surface area contributed by atoms with Crippen molar-refractivity contribution in [2.24, 2.45) is 17.8 Å². The molecule has 0 unspecified atom stereocenters. The molecule has 3 aliphatic heterocycles. The number of aliphatic hydroxyl groups is 1. The molecule has 7 nitrogen and oxygen atoms in total. The molecule has 1 aromatic carbocycles. The number of amides is 1. The zero-order chi connectivity index (χ0) is 24.1. The van der Waals surface area contributed by atoms with Crippen molar-refractivity contribution in [1.82, 2.24) is 14.4 Å². The number of aliphatic hydroxyl groups excluding tert-OH is 1. The molecule has 2 saturated heterocycles. The molecule has 4 atom stereocenters. The smallest absolute Gasteiger partial charge is 0.258 e. The number of ether oxygens (including phenoxy) is 1. The number of likely N-dealkylation sites (tertiary alicyclic amines) is 1. The minimum Gasteiger partial charge on any atom is -0.496 e. The van der Waals surface area contributed by atoms with Gasteiger partial charge >= 0.3 is 0 Å². The second-order valence-corrected chi connectivity index (χ2v) is 10.7. The van der Waals surface area contributed by atoms with Crippen molar-refractivity contribution in [3.05, 3.63) is 52.4 Å². The van der Waals surface area contributed by atoms with E-state index in [9.17, 15) is 14.7 Å². The molecule has 186 valence electrons. The lowest BCUT2D eigenvalue weighted by molar-refractivity contribution is -0.139. The summed E-state index contributed by atoms with van der Waals surface area (Å²) in [5.41, 5.74) is 2.26. The van der Waals surface area contributed by atoms with Crippen molar-refractivity contribution in [3.63, 3.8) is 0 Å². The second kappa shape index (κ2) is 9.10. The lowest BCUT2D eigenvalue weighted by Crippen LogP contribution is -2.47. The molecule has 2 aromatic rings. The summed E-state index contributed by atoms with van der Waals surface area (Å²) in [5, 5.41) is 10.5. The van der Waals surface area contributed by atoms with Gasteiger partial charge < -0.3 is 19.3 Å². The van der Waals surface area contributed by atoms with Crippen LogP contribution in [0.15, 0.2) is 41.2 Å². The van der Waals surface area contributed by atoms with Gasteiger partial charge in [-0.15, -0.1) is 0 Å². The van der Waals surface area contributed by atoms with Crippen LogP contribution in [0, 0.1) is 17.8 Å². The van der Waals surface area contributed by atoms with Gasteiger partial charge in [0.05, 0.1) is 24.6 Å². The molecule has 1 N–H and O–H groups in total. The number of benzene rings is 1. The van der Waals surface area contributed by atoms with E-state index >= 15 is 0 Å². The lowest BCUT2D eigenvalue weighted by atomic mass is 9.85. The van der Waals surface area contributed by atoms with Gasteiger partial charge in [-0.1, -0.05) is 18.2 Å². The van der Waals surface area contributed by atoms with Crippen molar-refractivity contribution >= 4 is 5.91 Å². The molecule has 6 rings (SSSR count). The summed E-state index contributed by atoms with van der Waals surface area (Å²) in [6.45, 7) is 3.02. The molecule has 1 amide bonds. The van der Waals surface area contributed by atoms with Crippen molar-refractivity contribution in [2.75, 3.05) is 33.4 Å². The fourth-order valence-corrected chi connectivity index (χ4v) is 6.75. The van der Waals surface area contributed by atoms with Gasteiger partial charge in [0, 0.05) is 56.0 Å². The third kappa shape index (κ3) is 3.80. The molecule has 0 radical (unpaired) electrons. The Bertz CT molecular complexity index is 1170. The predicted octanol–water partition coefficient (Wildman–Crippen LogP) is 2.91. The zero-order valence-electron chi connectivity index (χ0n) is 20.4. The van der Waals surface area contributed by atoms with Crippen LogP contribution in [0.25, 0.3) is 11.1 Å². The molecule has 4 heterocycles. The first-order valence-electron chi connectivity index (χ1n) is 13.1. The highest BCUT2D eigenvalue weighted by Crippen LogP contribution is 2.51. The Kier molecular flexibility index (Phi) is 5.93. The van der Waals surface area contributed by atoms with Gasteiger partial charge in [0.2, 0.25) is 5.91 Å². The number of nitrogens with zero attached hydrogens (tertiary/aromatic N) is 3. The van der Waals surface area contributed by atoms with Crippen LogP contribution in [-0.4, -0.2) is 64.8 Å². The molecule has 3 fully saturated rings. The molecule has 1 aromatic heterocycles. The number of rotatable bonds is 6. The Hall–Kier alpha value is -2.64. The van der Waals surface area contributed by atoms with Gasteiger partial charge in [0.1, 0.15) is 5.75 Å². The molecule has 0 spiro atoms. The minimum absolute atomic E-state index is 0.0116. The van der Waals surface area contributed by atoms with E-state index in [1.807, 2.05) is 45.9 Å². The first-order valence-corrected chi connectivity index (χ1v) is 13.1. The lowest BCUT2D eigenvalue weighted by Gasteiger charge is -2.39. The molecular weight excluding hydrogens is 442 g/mol. The third-order valence-corrected chi connectivity index (χ3v) is 8.69. The number of para-hydroxylation sites is 1. The SMILES string of the molecule is COc1ccccc1-c1ccc2n(c1=O)C[C@H]1[C@H](CO)[C@@H](C(=O)N3CCCCC3)[C@@H]2N1CC1CC1. The highest BCUT2D eigenvalue weighted by atomic mass is 16.5. The monoisotopic (exact) mass is 477 g/mol. The van der Waals surface area contributed by atoms with Crippen LogP contribution in [0.1, 0.15) is 43.8 Å². The summed E-state index contributed by atoms with van der Waals surface area (Å²) >= 11 is 0. The Morgan fingerprint density at radius 1 is 1.06 bits per heavy atom. The van der Waals surface area contributed by atoms with E-state index in [0.29, 0.717) is 23.8 Å². The number of carbonyl (C=O) groups excluding carboxylic acids is 1. The van der Waals surface area contributed by atoms with Gasteiger partial charge in [-0.2, -0.15) is 0 Å². The standard InChI is InChI=1S/C28H35N3O4/c1-35-24-8-4-3-7-19(24)20-11-12-22-26-25(28(34)29-13-5-2-6-14-29)21(17-32)23(16-31(22)27(20)33)30(26)15-18-9-10-18/h3-4,7-8,11-12,18,21,23,25-26,32H,2,5-6,9-10,13-17H2,1H3/t21-,23-,25+,26+/m0/s1. The topological polar surface area (TPSA) is 75.0 Å². The van der Waals surface area contributed by atoms with Crippen molar-refractivity contribution < 1.29 is 14.6 Å².